The predicted molar refractivity (Wildman–Crippen MR) is 134 cm³/mol. The molecule has 0 saturated carbocycles. The van der Waals surface area contributed by atoms with Gasteiger partial charge in [-0.15, -0.1) is 0 Å². The largest absolute Gasteiger partial charge is 0.493 e. The molecule has 182 valence electrons. The highest BCUT2D eigenvalue weighted by atomic mass is 32.2. The summed E-state index contributed by atoms with van der Waals surface area (Å²) in [5, 5.41) is 15.6. The quantitative estimate of drug-likeness (QED) is 0.552. The van der Waals surface area contributed by atoms with Crippen molar-refractivity contribution in [1.29, 1.82) is 5.41 Å². The molecule has 2 aromatic carbocycles. The summed E-state index contributed by atoms with van der Waals surface area (Å²) in [6.45, 7) is 0. The number of methoxy groups -OCH3 is 5. The van der Waals surface area contributed by atoms with Gasteiger partial charge >= 0.3 is 0 Å². The summed E-state index contributed by atoms with van der Waals surface area (Å²) < 4.78 is 26.8. The van der Waals surface area contributed by atoms with E-state index in [9.17, 15) is 4.79 Å². The van der Waals surface area contributed by atoms with E-state index in [0.717, 1.165) is 5.56 Å². The van der Waals surface area contributed by atoms with Crippen LogP contribution in [-0.4, -0.2) is 62.5 Å². The average molecular weight is 497 g/mol. The first-order chi connectivity index (χ1) is 16.9. The third-order valence-electron chi connectivity index (χ3n) is 5.30. The lowest BCUT2D eigenvalue weighted by Crippen LogP contribution is -2.35. The van der Waals surface area contributed by atoms with Crippen LogP contribution in [-0.2, 0) is 11.2 Å². The van der Waals surface area contributed by atoms with E-state index in [1.165, 1.54) is 38.1 Å². The molecular weight excluding hydrogens is 472 g/mol. The Morgan fingerprint density at radius 1 is 0.914 bits per heavy atom. The van der Waals surface area contributed by atoms with Crippen molar-refractivity contribution in [2.45, 2.75) is 6.42 Å². The minimum Gasteiger partial charge on any atom is -0.493 e. The first kappa shape index (κ1) is 24.1. The number of carbonyl (C=O) groups excluding carboxylic acids is 1. The number of carbonyl (C=O) groups is 1. The highest BCUT2D eigenvalue weighted by Crippen LogP contribution is 2.39. The maximum Gasteiger partial charge on any atom is 0.283 e. The fourth-order valence-corrected chi connectivity index (χ4v) is 4.54. The Morgan fingerprint density at radius 3 is 2.17 bits per heavy atom. The van der Waals surface area contributed by atoms with E-state index < -0.39 is 5.91 Å². The zero-order chi connectivity index (χ0) is 25.1. The van der Waals surface area contributed by atoms with Crippen LogP contribution in [0.4, 0.5) is 0 Å². The van der Waals surface area contributed by atoms with Crippen LogP contribution in [0, 0.1) is 5.41 Å². The molecule has 0 saturated heterocycles. The summed E-state index contributed by atoms with van der Waals surface area (Å²) in [6, 6.07) is 8.99. The number of hydrogen-bond donors (Lipinski definition) is 1. The van der Waals surface area contributed by atoms with E-state index in [2.05, 4.69) is 10.1 Å². The van der Waals surface area contributed by atoms with Crippen molar-refractivity contribution in [3.63, 3.8) is 0 Å². The molecule has 2 heterocycles. The third kappa shape index (κ3) is 4.67. The molecule has 0 fully saturated rings. The summed E-state index contributed by atoms with van der Waals surface area (Å²) >= 11 is 1.25. The third-order valence-corrected chi connectivity index (χ3v) is 6.21. The van der Waals surface area contributed by atoms with Gasteiger partial charge in [-0.3, -0.25) is 10.2 Å². The van der Waals surface area contributed by atoms with Gasteiger partial charge in [0.1, 0.15) is 5.04 Å². The van der Waals surface area contributed by atoms with Crippen molar-refractivity contribution >= 4 is 39.8 Å². The van der Waals surface area contributed by atoms with Gasteiger partial charge in [-0.05, 0) is 53.2 Å². The van der Waals surface area contributed by atoms with Crippen molar-refractivity contribution < 1.29 is 28.5 Å². The lowest BCUT2D eigenvalue weighted by molar-refractivity contribution is -0.114. The summed E-state index contributed by atoms with van der Waals surface area (Å²) in [4.78, 5) is 17.0. The van der Waals surface area contributed by atoms with Crippen molar-refractivity contribution in [2.24, 2.45) is 10.1 Å². The molecule has 0 aromatic heterocycles. The Kier molecular flexibility index (Phi) is 6.97. The Hall–Kier alpha value is -3.99. The van der Waals surface area contributed by atoms with Crippen LogP contribution in [0.25, 0.3) is 6.08 Å². The summed E-state index contributed by atoms with van der Waals surface area (Å²) in [5.74, 6) is 1.96. The van der Waals surface area contributed by atoms with Crippen molar-refractivity contribution in [3.05, 3.63) is 47.0 Å². The Bertz CT molecular complexity index is 1260. The Morgan fingerprint density at radius 2 is 1.57 bits per heavy atom. The van der Waals surface area contributed by atoms with E-state index in [0.29, 0.717) is 50.9 Å². The van der Waals surface area contributed by atoms with Gasteiger partial charge in [0, 0.05) is 6.42 Å². The number of rotatable bonds is 8. The topological polar surface area (TPSA) is 115 Å². The average Bonchev–Trinajstić information content (AvgIpc) is 3.27. The molecule has 0 spiro atoms. The fraction of sp³-hybridized carbons (Fsp3) is 0.250. The van der Waals surface area contributed by atoms with Gasteiger partial charge in [0.2, 0.25) is 10.9 Å². The molecule has 10 nitrogen and oxygen atoms in total. The molecule has 0 aliphatic carbocycles. The monoisotopic (exact) mass is 496 g/mol. The van der Waals surface area contributed by atoms with Crippen LogP contribution in [0.5, 0.6) is 28.7 Å². The van der Waals surface area contributed by atoms with Gasteiger partial charge < -0.3 is 23.7 Å². The second-order valence-electron chi connectivity index (χ2n) is 7.34. The van der Waals surface area contributed by atoms with Gasteiger partial charge in [-0.1, -0.05) is 6.07 Å². The highest BCUT2D eigenvalue weighted by molar-refractivity contribution is 8.26. The second-order valence-corrected chi connectivity index (χ2v) is 8.38. The van der Waals surface area contributed by atoms with Gasteiger partial charge in [0.25, 0.3) is 5.91 Å². The predicted octanol–water partition coefficient (Wildman–Crippen LogP) is 3.59. The van der Waals surface area contributed by atoms with Crippen molar-refractivity contribution in [2.75, 3.05) is 35.5 Å². The summed E-state index contributed by atoms with van der Waals surface area (Å²) in [6.07, 6.45) is 2.04. The molecule has 2 aliphatic heterocycles. The van der Waals surface area contributed by atoms with Gasteiger partial charge in [0.05, 0.1) is 41.1 Å². The number of nitrogens with one attached hydrogen (secondary N) is 1. The van der Waals surface area contributed by atoms with Gasteiger partial charge in [-0.25, -0.2) is 0 Å². The standard InChI is InChI=1S/C24H24N4O6S/c1-30-16-7-6-13(9-17(16)31-2)12-20-27-28-22(25)15(23(29)26-24(28)35-20)8-14-10-18(32-3)21(34-5)19(11-14)33-4/h6-11,25H,12H2,1-5H3/b15-8-,25-22?. The molecule has 35 heavy (non-hydrogen) atoms. The molecule has 2 aliphatic rings. The lowest BCUT2D eigenvalue weighted by Gasteiger charge is -2.20. The summed E-state index contributed by atoms with van der Waals surface area (Å²) in [7, 11) is 7.69. The molecule has 11 heteroatoms. The smallest absolute Gasteiger partial charge is 0.283 e. The number of ether oxygens (including phenoxy) is 5. The Balaban J connectivity index is 1.62. The first-order valence-electron chi connectivity index (χ1n) is 10.4. The molecule has 0 bridgehead atoms. The van der Waals surface area contributed by atoms with E-state index in [1.807, 2.05) is 18.2 Å². The van der Waals surface area contributed by atoms with Gasteiger partial charge in [-0.2, -0.15) is 15.1 Å². The number of nitrogens with zero attached hydrogens (tertiary/aromatic N) is 3. The van der Waals surface area contributed by atoms with Crippen LogP contribution < -0.4 is 23.7 Å². The number of amides is 1. The minimum atomic E-state index is -0.523. The number of hydrazone groups is 1. The number of thioether (sulfide) groups is 1. The van der Waals surface area contributed by atoms with Gasteiger partial charge in [0.15, 0.2) is 28.8 Å². The number of aliphatic imine (C=N–C) groups is 1. The van der Waals surface area contributed by atoms with E-state index in [1.54, 1.807) is 32.4 Å². The zero-order valence-electron chi connectivity index (χ0n) is 19.9. The number of amidine groups is 2. The molecule has 0 unspecified atom stereocenters. The molecule has 0 atom stereocenters. The van der Waals surface area contributed by atoms with E-state index in [4.69, 9.17) is 29.1 Å². The van der Waals surface area contributed by atoms with Crippen LogP contribution >= 0.6 is 11.8 Å². The molecule has 1 N–H and O–H groups in total. The second kappa shape index (κ2) is 10.1. The zero-order valence-corrected chi connectivity index (χ0v) is 20.7. The maximum absolute atomic E-state index is 12.8. The molecule has 4 rings (SSSR count). The number of benzene rings is 2. The number of hydrogen-bond acceptors (Lipinski definition) is 9. The van der Waals surface area contributed by atoms with Crippen molar-refractivity contribution in [3.8, 4) is 28.7 Å². The van der Waals surface area contributed by atoms with Crippen molar-refractivity contribution in [1.82, 2.24) is 5.01 Å². The maximum atomic E-state index is 12.8. The highest BCUT2D eigenvalue weighted by Gasteiger charge is 2.35. The summed E-state index contributed by atoms with van der Waals surface area (Å²) in [5.41, 5.74) is 1.63. The van der Waals surface area contributed by atoms with E-state index >= 15 is 0 Å². The SMILES string of the molecule is COc1ccc(CC2=NN3C(=N)/C(=C/c4cc(OC)c(OC)c(OC)c4)C(=O)N=C3S2)cc1OC. The normalized spacial score (nSPS) is 16.0. The number of fused-ring (bicyclic) bond motifs is 1. The molecule has 2 aromatic rings. The fourth-order valence-electron chi connectivity index (χ4n) is 3.62. The lowest BCUT2D eigenvalue weighted by atomic mass is 10.1. The molecule has 1 amide bonds. The first-order valence-corrected chi connectivity index (χ1v) is 11.2. The van der Waals surface area contributed by atoms with Crippen LogP contribution in [0.3, 0.4) is 0 Å². The Labute approximate surface area is 206 Å². The minimum absolute atomic E-state index is 0.0661. The molecule has 0 radical (unpaired) electrons. The van der Waals surface area contributed by atoms with E-state index in [-0.39, 0.29) is 11.4 Å². The molecular formula is C24H24N4O6S. The van der Waals surface area contributed by atoms with Crippen LogP contribution in [0.15, 0.2) is 46.0 Å². The van der Waals surface area contributed by atoms with Crippen LogP contribution in [0.1, 0.15) is 11.1 Å². The van der Waals surface area contributed by atoms with Crippen LogP contribution in [0.2, 0.25) is 0 Å².